The number of rotatable bonds is 37. The van der Waals surface area contributed by atoms with Crippen molar-refractivity contribution in [3.05, 3.63) is 12.2 Å². The highest BCUT2D eigenvalue weighted by Gasteiger charge is 2.51. The highest BCUT2D eigenvalue weighted by molar-refractivity contribution is 7.47. The Balaban J connectivity index is 2.47. The minimum Gasteiger partial charge on any atom is -0.462 e. The minimum absolute atomic E-state index is 0.100. The molecule has 1 fully saturated rings. The maximum atomic E-state index is 12.8. The van der Waals surface area contributed by atoms with Crippen LogP contribution in [0.5, 0.6) is 0 Å². The Morgan fingerprint density at radius 1 is 0.526 bits per heavy atom. The van der Waals surface area contributed by atoms with Crippen LogP contribution in [0.1, 0.15) is 194 Å². The van der Waals surface area contributed by atoms with Crippen LogP contribution in [0, 0.1) is 0 Å². The third-order valence-corrected chi connectivity index (χ3v) is 11.6. The quantitative estimate of drug-likeness (QED) is 0.0151. The average molecular weight is 837 g/mol. The van der Waals surface area contributed by atoms with Gasteiger partial charge in [-0.25, -0.2) is 4.57 Å². The fourth-order valence-electron chi connectivity index (χ4n) is 6.93. The Bertz CT molecular complexity index is 1060. The molecule has 0 saturated heterocycles. The Morgan fingerprint density at radius 2 is 0.895 bits per heavy atom. The molecular formula is C43H81O13P. The summed E-state index contributed by atoms with van der Waals surface area (Å²) < 4.78 is 33.5. The second kappa shape index (κ2) is 34.3. The topological polar surface area (TPSA) is 210 Å². The van der Waals surface area contributed by atoms with Crippen LogP contribution >= 0.6 is 7.82 Å². The molecule has 0 aromatic rings. The second-order valence-electron chi connectivity index (χ2n) is 15.9. The van der Waals surface area contributed by atoms with E-state index in [0.717, 1.165) is 64.2 Å². The monoisotopic (exact) mass is 837 g/mol. The van der Waals surface area contributed by atoms with Crippen molar-refractivity contribution in [2.75, 3.05) is 13.2 Å². The van der Waals surface area contributed by atoms with Gasteiger partial charge in [0, 0.05) is 12.8 Å². The van der Waals surface area contributed by atoms with Crippen LogP contribution in [0.2, 0.25) is 0 Å². The van der Waals surface area contributed by atoms with Gasteiger partial charge in [-0.2, -0.15) is 0 Å². The average Bonchev–Trinajstić information content (AvgIpc) is 3.19. The number of allylic oxidation sites excluding steroid dienone is 2. The van der Waals surface area contributed by atoms with Crippen LogP contribution in [0.4, 0.5) is 0 Å². The van der Waals surface area contributed by atoms with Crippen LogP contribution in [0.15, 0.2) is 12.2 Å². The van der Waals surface area contributed by atoms with Gasteiger partial charge in [-0.3, -0.25) is 18.6 Å². The van der Waals surface area contributed by atoms with Crippen LogP contribution in [0.3, 0.4) is 0 Å². The molecule has 1 aliphatic carbocycles. The first-order valence-electron chi connectivity index (χ1n) is 22.5. The smallest absolute Gasteiger partial charge is 0.462 e. The number of hydrogen-bond acceptors (Lipinski definition) is 12. The number of carbonyl (C=O) groups is 2. The predicted molar refractivity (Wildman–Crippen MR) is 221 cm³/mol. The summed E-state index contributed by atoms with van der Waals surface area (Å²) in [6, 6.07) is 0. The lowest BCUT2D eigenvalue weighted by Crippen LogP contribution is -2.64. The maximum Gasteiger partial charge on any atom is 0.472 e. The molecule has 336 valence electrons. The van der Waals surface area contributed by atoms with E-state index in [4.69, 9.17) is 18.5 Å². The molecule has 0 aromatic heterocycles. The van der Waals surface area contributed by atoms with E-state index in [1.165, 1.54) is 89.9 Å². The molecule has 0 aromatic carbocycles. The van der Waals surface area contributed by atoms with E-state index in [1.54, 1.807) is 0 Å². The van der Waals surface area contributed by atoms with Crippen molar-refractivity contribution in [1.29, 1.82) is 0 Å². The summed E-state index contributed by atoms with van der Waals surface area (Å²) in [6.07, 6.45) is 21.3. The van der Waals surface area contributed by atoms with Gasteiger partial charge in [-0.1, -0.05) is 154 Å². The zero-order chi connectivity index (χ0) is 42.2. The van der Waals surface area contributed by atoms with E-state index in [9.17, 15) is 44.6 Å². The molecule has 1 rings (SSSR count). The molecule has 1 saturated carbocycles. The number of carbonyl (C=O) groups excluding carboxylic acids is 2. The van der Waals surface area contributed by atoms with Crippen molar-refractivity contribution < 1.29 is 63.1 Å². The number of esters is 2. The second-order valence-corrected chi connectivity index (χ2v) is 17.3. The van der Waals surface area contributed by atoms with Crippen molar-refractivity contribution in [3.63, 3.8) is 0 Å². The van der Waals surface area contributed by atoms with Crippen LogP contribution in [0.25, 0.3) is 0 Å². The molecular weight excluding hydrogens is 755 g/mol. The highest BCUT2D eigenvalue weighted by Crippen LogP contribution is 2.47. The van der Waals surface area contributed by atoms with Crippen molar-refractivity contribution in [3.8, 4) is 0 Å². The summed E-state index contributed by atoms with van der Waals surface area (Å²) in [4.78, 5) is 35.6. The summed E-state index contributed by atoms with van der Waals surface area (Å²) in [5.41, 5.74) is 0. The first-order valence-corrected chi connectivity index (χ1v) is 24.0. The Kier molecular flexibility index (Phi) is 32.3. The van der Waals surface area contributed by atoms with Crippen LogP contribution < -0.4 is 0 Å². The lowest BCUT2D eigenvalue weighted by molar-refractivity contribution is -0.220. The number of aliphatic hydroxyl groups excluding tert-OH is 5. The lowest BCUT2D eigenvalue weighted by Gasteiger charge is -2.41. The number of aliphatic hydroxyl groups is 5. The van der Waals surface area contributed by atoms with Gasteiger partial charge in [0.2, 0.25) is 0 Å². The van der Waals surface area contributed by atoms with Gasteiger partial charge in [0.15, 0.2) is 6.10 Å². The van der Waals surface area contributed by atoms with E-state index < -0.39 is 75.7 Å². The van der Waals surface area contributed by atoms with Crippen molar-refractivity contribution in [2.24, 2.45) is 0 Å². The van der Waals surface area contributed by atoms with E-state index in [2.05, 4.69) is 26.0 Å². The van der Waals surface area contributed by atoms with Gasteiger partial charge in [0.1, 0.15) is 43.2 Å². The van der Waals surface area contributed by atoms with Gasteiger partial charge in [-0.15, -0.1) is 0 Å². The summed E-state index contributed by atoms with van der Waals surface area (Å²) in [5, 5.41) is 50.1. The van der Waals surface area contributed by atoms with E-state index >= 15 is 0 Å². The number of phosphoric ester groups is 1. The largest absolute Gasteiger partial charge is 0.472 e. The van der Waals surface area contributed by atoms with Crippen molar-refractivity contribution in [1.82, 2.24) is 0 Å². The number of phosphoric acid groups is 1. The minimum atomic E-state index is -5.11. The number of hydrogen-bond donors (Lipinski definition) is 6. The zero-order valence-corrected chi connectivity index (χ0v) is 36.3. The van der Waals surface area contributed by atoms with Crippen molar-refractivity contribution in [2.45, 2.75) is 236 Å². The molecule has 0 bridgehead atoms. The summed E-state index contributed by atoms with van der Waals surface area (Å²) in [7, 11) is -5.11. The Morgan fingerprint density at radius 3 is 1.33 bits per heavy atom. The molecule has 14 heteroatoms. The van der Waals surface area contributed by atoms with Crippen LogP contribution in [-0.4, -0.2) is 98.3 Å². The predicted octanol–water partition coefficient (Wildman–Crippen LogP) is 8.28. The Labute approximate surface area is 343 Å². The molecule has 6 unspecified atom stereocenters. The zero-order valence-electron chi connectivity index (χ0n) is 35.4. The van der Waals surface area contributed by atoms with Crippen LogP contribution in [-0.2, 0) is 32.7 Å². The van der Waals surface area contributed by atoms with Crippen molar-refractivity contribution >= 4 is 19.8 Å². The lowest BCUT2D eigenvalue weighted by atomic mass is 9.85. The fourth-order valence-corrected chi connectivity index (χ4v) is 7.90. The Hall–Kier alpha value is -1.41. The third-order valence-electron chi connectivity index (χ3n) is 10.6. The fraction of sp³-hybridized carbons (Fsp3) is 0.907. The first-order chi connectivity index (χ1) is 27.4. The summed E-state index contributed by atoms with van der Waals surface area (Å²) in [5.74, 6) is -1.10. The standard InChI is InChI=1S/C43H81O13P/c1-3-5-7-9-11-13-15-17-18-20-21-23-25-27-29-31-36(44)53-33-35(34-54-57(51,52)56-43-41(49)39(47)38(46)40(48)42(43)50)55-37(45)32-30-28-26-24-22-19-16-14-12-10-8-6-4-2/h17-18,35,38-43,46-50H,3-16,19-34H2,1-2H3,(H,51,52)/b18-17-/t35-,38?,39-,40?,41?,42?,43?/m1/s1. The number of unbranched alkanes of at least 4 members (excludes halogenated alkanes) is 23. The molecule has 0 aliphatic heterocycles. The van der Waals surface area contributed by atoms with Gasteiger partial charge in [0.25, 0.3) is 0 Å². The van der Waals surface area contributed by atoms with E-state index in [1.807, 2.05) is 0 Å². The van der Waals surface area contributed by atoms with Gasteiger partial charge < -0.3 is 39.9 Å². The molecule has 6 N–H and O–H groups in total. The van der Waals surface area contributed by atoms with Gasteiger partial charge in [-0.05, 0) is 38.5 Å². The van der Waals surface area contributed by atoms with E-state index in [-0.39, 0.29) is 12.8 Å². The molecule has 0 spiro atoms. The SMILES string of the molecule is CCCCCCCC/C=C\CCCCCCCC(=O)OC[C@H](COP(=O)(O)OC1C(O)C(O)C(O)[C@@H](O)C1O)OC(=O)CCCCCCCCCCCCCCC. The first kappa shape index (κ1) is 53.6. The molecule has 57 heavy (non-hydrogen) atoms. The normalized spacial score (nSPS) is 22.7. The van der Waals surface area contributed by atoms with E-state index in [0.29, 0.717) is 12.8 Å². The summed E-state index contributed by atoms with van der Waals surface area (Å²) in [6.45, 7) is 3.28. The highest BCUT2D eigenvalue weighted by atomic mass is 31.2. The third kappa shape index (κ3) is 27.1. The molecule has 13 nitrogen and oxygen atoms in total. The number of ether oxygens (including phenoxy) is 2. The molecule has 0 amide bonds. The maximum absolute atomic E-state index is 12.8. The molecule has 8 atom stereocenters. The summed E-state index contributed by atoms with van der Waals surface area (Å²) >= 11 is 0. The molecule has 1 aliphatic rings. The van der Waals surface area contributed by atoms with Gasteiger partial charge >= 0.3 is 19.8 Å². The van der Waals surface area contributed by atoms with Gasteiger partial charge in [0.05, 0.1) is 6.61 Å². The molecule has 0 radical (unpaired) electrons. The molecule has 0 heterocycles.